The zero-order chi connectivity index (χ0) is 16.9. The molecule has 1 heterocycles. The van der Waals surface area contributed by atoms with Crippen LogP contribution in [-0.2, 0) is 6.42 Å². The number of nitrogens with zero attached hydrogens (tertiary/aromatic N) is 2. The van der Waals surface area contributed by atoms with Gasteiger partial charge in [-0.2, -0.15) is 0 Å². The highest BCUT2D eigenvalue weighted by atomic mass is 127. The van der Waals surface area contributed by atoms with Gasteiger partial charge in [-0.1, -0.05) is 12.1 Å². The van der Waals surface area contributed by atoms with Gasteiger partial charge in [0, 0.05) is 18.3 Å². The first-order valence-electron chi connectivity index (χ1n) is 6.66. The van der Waals surface area contributed by atoms with E-state index in [1.165, 1.54) is 18.2 Å². The summed E-state index contributed by atoms with van der Waals surface area (Å²) in [4.78, 5) is 8.36. The molecule has 24 heavy (non-hydrogen) atoms. The Morgan fingerprint density at radius 3 is 2.71 bits per heavy atom. The van der Waals surface area contributed by atoms with Gasteiger partial charge in [-0.05, 0) is 19.1 Å². The summed E-state index contributed by atoms with van der Waals surface area (Å²) < 4.78 is 40.9. The van der Waals surface area contributed by atoms with Gasteiger partial charge < -0.3 is 15.8 Å². The number of aromatic nitrogens is 1. The number of ether oxygens (including phenoxy) is 1. The molecule has 0 unspecified atom stereocenters. The average molecular weight is 472 g/mol. The highest BCUT2D eigenvalue weighted by Crippen LogP contribution is 2.29. The number of halogens is 4. The van der Waals surface area contributed by atoms with Crippen LogP contribution in [0.1, 0.15) is 10.7 Å². The Bertz CT molecular complexity index is 691. The molecule has 0 saturated carbocycles. The first-order chi connectivity index (χ1) is 10.8. The van der Waals surface area contributed by atoms with Crippen LogP contribution in [0.4, 0.5) is 18.9 Å². The molecular weight excluding hydrogens is 456 g/mol. The largest absolute Gasteiger partial charge is 0.573 e. The Balaban J connectivity index is 0.00000288. The Morgan fingerprint density at radius 2 is 2.08 bits per heavy atom. The summed E-state index contributed by atoms with van der Waals surface area (Å²) >= 11 is 1.54. The standard InChI is InChI=1S/C14H15F3N4OS.HI/c1-9-20-10(8-23-9)6-7-19-13(18)21-11-4-2-3-5-12(11)22-14(15,16)17;/h2-5,8H,6-7H2,1H3,(H3,18,19,21);1H. The van der Waals surface area contributed by atoms with E-state index in [9.17, 15) is 13.2 Å². The Morgan fingerprint density at radius 1 is 1.38 bits per heavy atom. The second-order valence-corrected chi connectivity index (χ2v) is 5.61. The molecule has 10 heteroatoms. The topological polar surface area (TPSA) is 72.5 Å². The van der Waals surface area contributed by atoms with Gasteiger partial charge in [-0.15, -0.1) is 48.5 Å². The number of benzene rings is 1. The SMILES string of the molecule is Cc1nc(CCN=C(N)Nc2ccccc2OC(F)(F)F)cs1.I. The van der Waals surface area contributed by atoms with Crippen LogP contribution in [0, 0.1) is 6.92 Å². The molecule has 1 aromatic heterocycles. The van der Waals surface area contributed by atoms with E-state index >= 15 is 0 Å². The Labute approximate surface area is 158 Å². The van der Waals surface area contributed by atoms with Gasteiger partial charge in [0.1, 0.15) is 0 Å². The van der Waals surface area contributed by atoms with Crippen molar-refractivity contribution >= 4 is 47.0 Å². The number of thiazole rings is 1. The molecular formula is C14H16F3IN4OS. The molecule has 0 radical (unpaired) electrons. The molecule has 0 aliphatic heterocycles. The van der Waals surface area contributed by atoms with Gasteiger partial charge in [0.2, 0.25) is 0 Å². The van der Waals surface area contributed by atoms with Gasteiger partial charge in [-0.25, -0.2) is 4.98 Å². The third-order valence-corrected chi connectivity index (χ3v) is 3.51. The van der Waals surface area contributed by atoms with E-state index in [1.54, 1.807) is 17.4 Å². The lowest BCUT2D eigenvalue weighted by atomic mass is 10.3. The lowest BCUT2D eigenvalue weighted by Gasteiger charge is -2.14. The van der Waals surface area contributed by atoms with Crippen LogP contribution in [0.5, 0.6) is 5.75 Å². The number of anilines is 1. The van der Waals surface area contributed by atoms with Crippen molar-refractivity contribution in [1.82, 2.24) is 4.98 Å². The van der Waals surface area contributed by atoms with Gasteiger partial charge >= 0.3 is 6.36 Å². The van der Waals surface area contributed by atoms with Gasteiger partial charge in [0.25, 0.3) is 0 Å². The summed E-state index contributed by atoms with van der Waals surface area (Å²) in [5.41, 5.74) is 6.69. The molecule has 3 N–H and O–H groups in total. The highest BCUT2D eigenvalue weighted by Gasteiger charge is 2.32. The zero-order valence-corrected chi connectivity index (χ0v) is 15.8. The lowest BCUT2D eigenvalue weighted by Crippen LogP contribution is -2.24. The second-order valence-electron chi connectivity index (χ2n) is 4.54. The van der Waals surface area contributed by atoms with Gasteiger partial charge in [-0.3, -0.25) is 4.99 Å². The van der Waals surface area contributed by atoms with Crippen molar-refractivity contribution in [1.29, 1.82) is 0 Å². The predicted octanol–water partition coefficient (Wildman–Crippen LogP) is 3.94. The molecule has 0 spiro atoms. The van der Waals surface area contributed by atoms with Crippen LogP contribution in [0.2, 0.25) is 0 Å². The molecule has 0 saturated heterocycles. The zero-order valence-electron chi connectivity index (χ0n) is 12.6. The van der Waals surface area contributed by atoms with Crippen molar-refractivity contribution in [3.05, 3.63) is 40.3 Å². The van der Waals surface area contributed by atoms with Crippen molar-refractivity contribution in [2.45, 2.75) is 19.7 Å². The maximum atomic E-state index is 12.3. The quantitative estimate of drug-likeness (QED) is 0.393. The van der Waals surface area contributed by atoms with Crippen LogP contribution >= 0.6 is 35.3 Å². The van der Waals surface area contributed by atoms with Crippen LogP contribution in [0.15, 0.2) is 34.6 Å². The molecule has 0 fully saturated rings. The van der Waals surface area contributed by atoms with Crippen molar-refractivity contribution in [2.24, 2.45) is 10.7 Å². The summed E-state index contributed by atoms with van der Waals surface area (Å²) in [6, 6.07) is 5.62. The number of alkyl halides is 3. The lowest BCUT2D eigenvalue weighted by molar-refractivity contribution is -0.274. The number of para-hydroxylation sites is 2. The number of guanidine groups is 1. The average Bonchev–Trinajstić information content (AvgIpc) is 2.85. The van der Waals surface area contributed by atoms with E-state index in [0.717, 1.165) is 10.7 Å². The summed E-state index contributed by atoms with van der Waals surface area (Å²) in [7, 11) is 0. The highest BCUT2D eigenvalue weighted by molar-refractivity contribution is 14.0. The van der Waals surface area contributed by atoms with Crippen molar-refractivity contribution in [3.63, 3.8) is 0 Å². The fourth-order valence-corrected chi connectivity index (χ4v) is 2.42. The van der Waals surface area contributed by atoms with E-state index in [4.69, 9.17) is 5.73 Å². The van der Waals surface area contributed by atoms with Crippen LogP contribution in [-0.4, -0.2) is 23.9 Å². The number of nitrogens with one attached hydrogen (secondary N) is 1. The summed E-state index contributed by atoms with van der Waals surface area (Å²) in [5.74, 6) is -0.358. The van der Waals surface area contributed by atoms with Gasteiger partial charge in [0.15, 0.2) is 11.7 Å². The maximum absolute atomic E-state index is 12.3. The normalized spacial score (nSPS) is 11.8. The van der Waals surface area contributed by atoms with E-state index in [0.29, 0.717) is 13.0 Å². The molecule has 2 aromatic rings. The van der Waals surface area contributed by atoms with E-state index in [-0.39, 0.29) is 41.4 Å². The number of rotatable bonds is 5. The minimum atomic E-state index is -4.77. The molecule has 1 aromatic carbocycles. The van der Waals surface area contributed by atoms with E-state index in [2.05, 4.69) is 20.0 Å². The molecule has 0 aliphatic carbocycles. The molecule has 2 rings (SSSR count). The predicted molar refractivity (Wildman–Crippen MR) is 99.2 cm³/mol. The Kier molecular flexibility index (Phi) is 7.73. The number of hydrogen-bond acceptors (Lipinski definition) is 4. The molecule has 0 aliphatic rings. The van der Waals surface area contributed by atoms with Crippen molar-refractivity contribution in [3.8, 4) is 5.75 Å². The molecule has 0 amide bonds. The molecule has 0 atom stereocenters. The number of nitrogens with two attached hydrogens (primary N) is 1. The molecule has 0 bridgehead atoms. The van der Waals surface area contributed by atoms with Crippen LogP contribution < -0.4 is 15.8 Å². The molecule has 5 nitrogen and oxygen atoms in total. The first-order valence-corrected chi connectivity index (χ1v) is 7.54. The fraction of sp³-hybridized carbons (Fsp3) is 0.286. The van der Waals surface area contributed by atoms with Crippen molar-refractivity contribution < 1.29 is 17.9 Å². The smallest absolute Gasteiger partial charge is 0.404 e. The van der Waals surface area contributed by atoms with Crippen LogP contribution in [0.3, 0.4) is 0 Å². The van der Waals surface area contributed by atoms with Crippen LogP contribution in [0.25, 0.3) is 0 Å². The minimum absolute atomic E-state index is 0. The van der Waals surface area contributed by atoms with E-state index < -0.39 is 6.36 Å². The number of aliphatic imine (C=N–C) groups is 1. The third-order valence-electron chi connectivity index (χ3n) is 2.69. The minimum Gasteiger partial charge on any atom is -0.404 e. The van der Waals surface area contributed by atoms with E-state index in [1.807, 2.05) is 12.3 Å². The first kappa shape index (κ1) is 20.5. The monoisotopic (exact) mass is 472 g/mol. The maximum Gasteiger partial charge on any atom is 0.573 e. The molecule has 132 valence electrons. The van der Waals surface area contributed by atoms with Gasteiger partial charge in [0.05, 0.1) is 16.4 Å². The second kappa shape index (κ2) is 9.06. The third kappa shape index (κ3) is 6.91. The van der Waals surface area contributed by atoms with Crippen molar-refractivity contribution in [2.75, 3.05) is 11.9 Å². The summed E-state index contributed by atoms with van der Waals surface area (Å²) in [5, 5.41) is 5.51. The summed E-state index contributed by atoms with van der Waals surface area (Å²) in [6.07, 6.45) is -4.17. The Hall–Kier alpha value is -1.56. The fourth-order valence-electron chi connectivity index (χ4n) is 1.78. The summed E-state index contributed by atoms with van der Waals surface area (Å²) in [6.45, 7) is 2.29. The number of hydrogen-bond donors (Lipinski definition) is 2. The number of aryl methyl sites for hydroxylation is 1.